The maximum absolute atomic E-state index is 12.8. The van der Waals surface area contributed by atoms with Crippen LogP contribution in [0.15, 0.2) is 59.6 Å². The summed E-state index contributed by atoms with van der Waals surface area (Å²) >= 11 is 7.36. The third kappa shape index (κ3) is 5.32. The van der Waals surface area contributed by atoms with Crippen molar-refractivity contribution in [1.29, 1.82) is 5.26 Å². The van der Waals surface area contributed by atoms with Gasteiger partial charge in [0.2, 0.25) is 5.91 Å². The summed E-state index contributed by atoms with van der Waals surface area (Å²) in [4.78, 5) is 17.6. The van der Waals surface area contributed by atoms with Crippen LogP contribution < -0.4 is 10.1 Å². The van der Waals surface area contributed by atoms with Crippen LogP contribution in [-0.4, -0.2) is 23.3 Å². The van der Waals surface area contributed by atoms with Gasteiger partial charge in [0.05, 0.1) is 23.6 Å². The zero-order valence-electron chi connectivity index (χ0n) is 18.5. The highest BCUT2D eigenvalue weighted by molar-refractivity contribution is 8.00. The number of anilines is 1. The summed E-state index contributed by atoms with van der Waals surface area (Å²) in [6.45, 7) is 1.80. The van der Waals surface area contributed by atoms with E-state index in [0.717, 1.165) is 30.5 Å². The molecule has 2 unspecified atom stereocenters. The molecule has 0 fully saturated rings. The average molecular weight is 478 g/mol. The van der Waals surface area contributed by atoms with Gasteiger partial charge in [-0.25, -0.2) is 4.98 Å². The number of nitrogens with one attached hydrogen (secondary N) is 1. The molecule has 7 heteroatoms. The number of pyridine rings is 1. The maximum atomic E-state index is 12.8. The molecule has 33 heavy (non-hydrogen) atoms. The van der Waals surface area contributed by atoms with Crippen molar-refractivity contribution in [3.8, 4) is 11.8 Å². The number of methoxy groups -OCH3 is 1. The molecule has 0 spiro atoms. The van der Waals surface area contributed by atoms with Crippen molar-refractivity contribution in [3.05, 3.63) is 82.0 Å². The van der Waals surface area contributed by atoms with Crippen molar-refractivity contribution < 1.29 is 9.53 Å². The van der Waals surface area contributed by atoms with Gasteiger partial charge in [0.1, 0.15) is 16.8 Å². The summed E-state index contributed by atoms with van der Waals surface area (Å²) in [5.41, 5.74) is 4.48. The van der Waals surface area contributed by atoms with Gasteiger partial charge >= 0.3 is 0 Å². The second-order valence-electron chi connectivity index (χ2n) is 8.00. The molecule has 168 valence electrons. The molecule has 4 rings (SSSR count). The van der Waals surface area contributed by atoms with Crippen LogP contribution in [0, 0.1) is 11.3 Å². The number of benzene rings is 2. The van der Waals surface area contributed by atoms with Crippen LogP contribution in [0.2, 0.25) is 5.02 Å². The standard InChI is InChI=1S/C26H24ClN3O2S/c1-16(25(31)29-23-14-21(27)9-11-24(23)32-2)33-26-20(15-28)13-19-12-18(8-10-22(19)30-26)17-6-4-3-5-7-17/h3-7,9,11,13-14,16,18H,8,10,12H2,1-2H3,(H,29,31). The molecule has 5 nitrogen and oxygen atoms in total. The number of hydrogen-bond acceptors (Lipinski definition) is 5. The summed E-state index contributed by atoms with van der Waals surface area (Å²) in [7, 11) is 1.54. The SMILES string of the molecule is COc1ccc(Cl)cc1NC(=O)C(C)Sc1nc2c(cc1C#N)CC(c1ccccc1)CC2. The lowest BCUT2D eigenvalue weighted by atomic mass is 9.82. The van der Waals surface area contributed by atoms with Crippen LogP contribution in [0.3, 0.4) is 0 Å². The number of carbonyl (C=O) groups excluding carboxylic acids is 1. The number of halogens is 1. The number of fused-ring (bicyclic) bond motifs is 1. The molecule has 2 aromatic carbocycles. The van der Waals surface area contributed by atoms with Crippen LogP contribution in [0.1, 0.15) is 41.6 Å². The van der Waals surface area contributed by atoms with E-state index in [1.54, 1.807) is 25.1 Å². The van der Waals surface area contributed by atoms with Gasteiger partial charge in [0.15, 0.2) is 0 Å². The Labute approximate surface area is 203 Å². The molecule has 2 atom stereocenters. The van der Waals surface area contributed by atoms with Crippen molar-refractivity contribution in [3.63, 3.8) is 0 Å². The minimum atomic E-state index is -0.466. The molecule has 1 amide bonds. The fourth-order valence-corrected chi connectivity index (χ4v) is 5.13. The first-order valence-corrected chi connectivity index (χ1v) is 12.0. The Morgan fingerprint density at radius 2 is 2.06 bits per heavy atom. The first-order valence-electron chi connectivity index (χ1n) is 10.8. The third-order valence-electron chi connectivity index (χ3n) is 5.82. The number of rotatable bonds is 6. The lowest BCUT2D eigenvalue weighted by molar-refractivity contribution is -0.115. The Balaban J connectivity index is 1.50. The number of nitriles is 1. The topological polar surface area (TPSA) is 75.0 Å². The molecular weight excluding hydrogens is 454 g/mol. The molecule has 3 aromatic rings. The van der Waals surface area contributed by atoms with Gasteiger partial charge in [0.25, 0.3) is 0 Å². The Hall–Kier alpha value is -3.01. The van der Waals surface area contributed by atoms with Crippen molar-refractivity contribution >= 4 is 35.0 Å². The Morgan fingerprint density at radius 3 is 2.79 bits per heavy atom. The van der Waals surface area contributed by atoms with E-state index < -0.39 is 5.25 Å². The Bertz CT molecular complexity index is 1210. The maximum Gasteiger partial charge on any atom is 0.237 e. The van der Waals surface area contributed by atoms with E-state index in [2.05, 4.69) is 35.7 Å². The van der Waals surface area contributed by atoms with Crippen molar-refractivity contribution in [1.82, 2.24) is 4.98 Å². The zero-order chi connectivity index (χ0) is 23.4. The molecule has 0 saturated carbocycles. The Morgan fingerprint density at radius 1 is 1.27 bits per heavy atom. The number of hydrogen-bond donors (Lipinski definition) is 1. The first-order chi connectivity index (χ1) is 16.0. The molecule has 1 aliphatic carbocycles. The van der Waals surface area contributed by atoms with Crippen molar-refractivity contribution in [2.45, 2.75) is 42.4 Å². The number of aryl methyl sites for hydroxylation is 1. The summed E-state index contributed by atoms with van der Waals surface area (Å²) < 4.78 is 5.30. The summed E-state index contributed by atoms with van der Waals surface area (Å²) in [5.74, 6) is 0.749. The van der Waals surface area contributed by atoms with Gasteiger partial charge < -0.3 is 10.1 Å². The lowest BCUT2D eigenvalue weighted by Gasteiger charge is -2.25. The highest BCUT2D eigenvalue weighted by Crippen LogP contribution is 2.36. The van der Waals surface area contributed by atoms with Crippen molar-refractivity contribution in [2.24, 2.45) is 0 Å². The van der Waals surface area contributed by atoms with E-state index in [0.29, 0.717) is 33.0 Å². The highest BCUT2D eigenvalue weighted by Gasteiger charge is 2.25. The number of amides is 1. The lowest BCUT2D eigenvalue weighted by Crippen LogP contribution is -2.23. The first kappa shape index (κ1) is 23.2. The normalized spacial score (nSPS) is 15.8. The number of nitrogens with zero attached hydrogens (tertiary/aromatic N) is 2. The van der Waals surface area contributed by atoms with Gasteiger partial charge in [-0.3, -0.25) is 4.79 Å². The zero-order valence-corrected chi connectivity index (χ0v) is 20.0. The minimum absolute atomic E-state index is 0.215. The van der Waals surface area contributed by atoms with E-state index in [4.69, 9.17) is 21.3 Å². The van der Waals surface area contributed by atoms with E-state index >= 15 is 0 Å². The predicted molar refractivity (Wildman–Crippen MR) is 132 cm³/mol. The number of aromatic nitrogens is 1. The molecule has 1 aromatic heterocycles. The predicted octanol–water partition coefficient (Wildman–Crippen LogP) is 6.01. The summed E-state index contributed by atoms with van der Waals surface area (Å²) in [6, 6.07) is 19.7. The number of ether oxygens (including phenoxy) is 1. The molecule has 0 radical (unpaired) electrons. The van der Waals surface area contributed by atoms with E-state index in [1.165, 1.54) is 24.4 Å². The van der Waals surface area contributed by atoms with E-state index in [-0.39, 0.29) is 5.91 Å². The second-order valence-corrected chi connectivity index (χ2v) is 9.77. The number of thioether (sulfide) groups is 1. The Kier molecular flexibility index (Phi) is 7.22. The molecule has 0 bridgehead atoms. The molecule has 1 aliphatic rings. The largest absolute Gasteiger partial charge is 0.495 e. The quantitative estimate of drug-likeness (QED) is 0.440. The fourth-order valence-electron chi connectivity index (χ4n) is 4.06. The van der Waals surface area contributed by atoms with Gasteiger partial charge in [-0.05, 0) is 67.5 Å². The van der Waals surface area contributed by atoms with Crippen LogP contribution in [0.25, 0.3) is 0 Å². The van der Waals surface area contributed by atoms with E-state index in [1.807, 2.05) is 12.1 Å². The minimum Gasteiger partial charge on any atom is -0.495 e. The van der Waals surface area contributed by atoms with Gasteiger partial charge in [-0.1, -0.05) is 53.7 Å². The number of carbonyl (C=O) groups is 1. The smallest absolute Gasteiger partial charge is 0.237 e. The van der Waals surface area contributed by atoms with Crippen LogP contribution in [0.4, 0.5) is 5.69 Å². The average Bonchev–Trinajstić information content (AvgIpc) is 2.84. The van der Waals surface area contributed by atoms with Crippen LogP contribution >= 0.6 is 23.4 Å². The van der Waals surface area contributed by atoms with Gasteiger partial charge in [0, 0.05) is 10.7 Å². The molecule has 0 aliphatic heterocycles. The molecule has 0 saturated heterocycles. The van der Waals surface area contributed by atoms with Crippen LogP contribution in [-0.2, 0) is 17.6 Å². The molecular formula is C26H24ClN3O2S. The highest BCUT2D eigenvalue weighted by atomic mass is 35.5. The second kappa shape index (κ2) is 10.3. The van der Waals surface area contributed by atoms with Crippen LogP contribution in [0.5, 0.6) is 5.75 Å². The molecule has 1 N–H and O–H groups in total. The van der Waals surface area contributed by atoms with E-state index in [9.17, 15) is 10.1 Å². The van der Waals surface area contributed by atoms with Gasteiger partial charge in [-0.15, -0.1) is 0 Å². The third-order valence-corrected chi connectivity index (χ3v) is 7.16. The van der Waals surface area contributed by atoms with Crippen molar-refractivity contribution in [2.75, 3.05) is 12.4 Å². The summed E-state index contributed by atoms with van der Waals surface area (Å²) in [5, 5.41) is 13.2. The fraction of sp³-hybridized carbons (Fsp3) is 0.269. The summed E-state index contributed by atoms with van der Waals surface area (Å²) in [6.07, 6.45) is 2.75. The van der Waals surface area contributed by atoms with Gasteiger partial charge in [-0.2, -0.15) is 5.26 Å². The monoisotopic (exact) mass is 477 g/mol. The molecule has 1 heterocycles.